The van der Waals surface area contributed by atoms with E-state index in [2.05, 4.69) is 23.1 Å². The number of piperidine rings is 1. The van der Waals surface area contributed by atoms with Crippen molar-refractivity contribution < 1.29 is 23.7 Å². The van der Waals surface area contributed by atoms with Crippen LogP contribution in [-0.2, 0) is 14.2 Å². The summed E-state index contributed by atoms with van der Waals surface area (Å²) in [7, 11) is 0. The van der Waals surface area contributed by atoms with Crippen LogP contribution in [0.5, 0.6) is 5.75 Å². The van der Waals surface area contributed by atoms with Gasteiger partial charge in [0.2, 0.25) is 6.29 Å². The first kappa shape index (κ1) is 24.4. The number of hydrogen-bond acceptors (Lipinski definition) is 6. The first-order chi connectivity index (χ1) is 19.1. The Morgan fingerprint density at radius 1 is 0.923 bits per heavy atom. The monoisotopic (exact) mass is 547 g/mol. The highest BCUT2D eigenvalue weighted by Gasteiger charge is 2.68. The number of hydrogen-bond donors (Lipinski definition) is 0. The van der Waals surface area contributed by atoms with E-state index in [1.54, 1.807) is 0 Å². The van der Waals surface area contributed by atoms with Gasteiger partial charge in [0.25, 0.3) is 0 Å². The molecule has 5 heterocycles. The fourth-order valence-electron chi connectivity index (χ4n) is 8.43. The summed E-state index contributed by atoms with van der Waals surface area (Å²) in [5.74, 6) is 1.02. The molecule has 4 fully saturated rings. The molecule has 0 amide bonds. The molecule has 6 atom stereocenters. The average molecular weight is 548 g/mol. The van der Waals surface area contributed by atoms with Crippen molar-refractivity contribution in [2.45, 2.75) is 87.5 Å². The van der Waals surface area contributed by atoms with E-state index in [1.807, 2.05) is 36.4 Å². The Morgan fingerprint density at radius 2 is 1.74 bits per heavy atom. The summed E-state index contributed by atoms with van der Waals surface area (Å²) in [6.45, 7) is 1.22. The molecule has 2 spiro atoms. The highest BCUT2D eigenvalue weighted by atomic mass is 35.5. The number of rotatable bonds is 2. The van der Waals surface area contributed by atoms with E-state index in [0.717, 1.165) is 62.8 Å². The third kappa shape index (κ3) is 3.61. The number of para-hydroxylation sites is 1. The van der Waals surface area contributed by atoms with E-state index in [1.165, 1.54) is 6.42 Å². The first-order valence-electron chi connectivity index (χ1n) is 14.6. The molecule has 1 saturated carbocycles. The number of ether oxygens (including phenoxy) is 4. The van der Waals surface area contributed by atoms with Gasteiger partial charge in [0.05, 0.1) is 17.0 Å². The average Bonchev–Trinajstić information content (AvgIpc) is 3.58. The predicted molar refractivity (Wildman–Crippen MR) is 146 cm³/mol. The van der Waals surface area contributed by atoms with Gasteiger partial charge in [-0.25, -0.2) is 0 Å². The Balaban J connectivity index is 1.25. The van der Waals surface area contributed by atoms with Crippen LogP contribution in [0.25, 0.3) is 0 Å². The van der Waals surface area contributed by atoms with E-state index in [-0.39, 0.29) is 29.9 Å². The van der Waals surface area contributed by atoms with Gasteiger partial charge in [-0.05, 0) is 68.1 Å². The van der Waals surface area contributed by atoms with Crippen LogP contribution in [0.15, 0.2) is 60.4 Å². The van der Waals surface area contributed by atoms with E-state index >= 15 is 0 Å². The topological polar surface area (TPSA) is 57.2 Å². The molecule has 39 heavy (non-hydrogen) atoms. The van der Waals surface area contributed by atoms with Gasteiger partial charge in [0, 0.05) is 29.8 Å². The fourth-order valence-corrected chi connectivity index (χ4v) is 8.56. The second-order valence-electron chi connectivity index (χ2n) is 12.1. The van der Waals surface area contributed by atoms with Gasteiger partial charge in [-0.2, -0.15) is 0 Å². The zero-order valence-electron chi connectivity index (χ0n) is 22.0. The zero-order valence-corrected chi connectivity index (χ0v) is 22.8. The van der Waals surface area contributed by atoms with Gasteiger partial charge < -0.3 is 18.9 Å². The number of nitrogens with zero attached hydrogens (tertiary/aromatic N) is 1. The minimum absolute atomic E-state index is 0.0580. The maximum atomic E-state index is 14.8. The third-order valence-electron chi connectivity index (χ3n) is 10.0. The summed E-state index contributed by atoms with van der Waals surface area (Å²) in [4.78, 5) is 17.3. The lowest BCUT2D eigenvalue weighted by Gasteiger charge is -2.42. The molecule has 1 aliphatic carbocycles. The molecule has 7 heteroatoms. The summed E-state index contributed by atoms with van der Waals surface area (Å²) < 4.78 is 26.2. The van der Waals surface area contributed by atoms with E-state index in [9.17, 15) is 4.79 Å². The van der Waals surface area contributed by atoms with E-state index in [0.29, 0.717) is 22.9 Å². The standard InChI is InChI=1S/C32H34ClNO5/c33-21-13-11-20(12-14-21)27-23-9-4-7-17-34(23)28(32(27)19-36-24-10-3-2-8-22(24)29(32)35)25-18-26-30(37-25)39-31(38-26)15-5-1-6-16-31/h2-3,8,10-14,18,23,26-28,30H,1,4-7,9,15-17,19H2/t23-,26+,27+,28-,30+,32+/m1/s1. The number of fused-ring (bicyclic) bond motifs is 3. The minimum Gasteiger partial charge on any atom is -0.492 e. The molecule has 0 unspecified atom stereocenters. The van der Waals surface area contributed by atoms with Crippen LogP contribution < -0.4 is 4.74 Å². The third-order valence-corrected chi connectivity index (χ3v) is 10.3. The Hall–Kier alpha value is -2.38. The van der Waals surface area contributed by atoms with Crippen LogP contribution in [0.2, 0.25) is 5.02 Å². The first-order valence-corrected chi connectivity index (χ1v) is 15.0. The lowest BCUT2D eigenvalue weighted by Crippen LogP contribution is -2.53. The summed E-state index contributed by atoms with van der Waals surface area (Å²) in [6, 6.07) is 15.7. The van der Waals surface area contributed by atoms with Gasteiger partial charge in [-0.3, -0.25) is 9.69 Å². The maximum Gasteiger partial charge on any atom is 0.232 e. The zero-order chi connectivity index (χ0) is 26.2. The summed E-state index contributed by atoms with van der Waals surface area (Å²) in [5.41, 5.74) is 0.937. The van der Waals surface area contributed by atoms with Crippen molar-refractivity contribution in [3.63, 3.8) is 0 Å². The van der Waals surface area contributed by atoms with Crippen molar-refractivity contribution in [3.05, 3.63) is 76.5 Å². The van der Waals surface area contributed by atoms with Crippen LogP contribution in [0.4, 0.5) is 0 Å². The summed E-state index contributed by atoms with van der Waals surface area (Å²) in [6.07, 6.45) is 9.95. The Morgan fingerprint density at radius 3 is 2.56 bits per heavy atom. The SMILES string of the molecule is O=C1c2ccccc2OC[C@@]12[C@@H](c1ccc(Cl)cc1)[C@H]1CCCCN1[C@@H]2C1=C[C@@H]2OC3(CCCCC3)O[C@@H]2O1. The van der Waals surface area contributed by atoms with Gasteiger partial charge in [0.1, 0.15) is 24.2 Å². The smallest absolute Gasteiger partial charge is 0.232 e. The van der Waals surface area contributed by atoms with Crippen molar-refractivity contribution in [3.8, 4) is 5.75 Å². The molecule has 0 aromatic heterocycles. The van der Waals surface area contributed by atoms with Crippen molar-refractivity contribution in [2.24, 2.45) is 5.41 Å². The molecule has 2 aromatic rings. The van der Waals surface area contributed by atoms with Gasteiger partial charge in [-0.15, -0.1) is 0 Å². The highest BCUT2D eigenvalue weighted by Crippen LogP contribution is 2.60. The van der Waals surface area contributed by atoms with Crippen LogP contribution in [0.1, 0.15) is 73.2 Å². The molecular weight excluding hydrogens is 514 g/mol. The Bertz CT molecular complexity index is 1320. The van der Waals surface area contributed by atoms with Crippen LogP contribution in [-0.4, -0.2) is 54.1 Å². The van der Waals surface area contributed by atoms with Gasteiger partial charge >= 0.3 is 0 Å². The van der Waals surface area contributed by atoms with Gasteiger partial charge in [0.15, 0.2) is 11.6 Å². The molecule has 2 aromatic carbocycles. The molecule has 6 nitrogen and oxygen atoms in total. The molecule has 8 rings (SSSR count). The van der Waals surface area contributed by atoms with Crippen molar-refractivity contribution in [1.29, 1.82) is 0 Å². The number of Topliss-reactive ketones (excluding diaryl/α,β-unsaturated/α-hetero) is 1. The van der Waals surface area contributed by atoms with Crippen LogP contribution in [0.3, 0.4) is 0 Å². The second-order valence-corrected chi connectivity index (χ2v) is 12.6. The van der Waals surface area contributed by atoms with Crippen LogP contribution in [0, 0.1) is 5.41 Å². The lowest BCUT2D eigenvalue weighted by molar-refractivity contribution is -0.221. The maximum absolute atomic E-state index is 14.8. The van der Waals surface area contributed by atoms with Crippen molar-refractivity contribution in [1.82, 2.24) is 4.90 Å². The molecule has 0 N–H and O–H groups in total. The number of benzene rings is 2. The van der Waals surface area contributed by atoms with Crippen LogP contribution >= 0.6 is 11.6 Å². The number of carbonyl (C=O) groups excluding carboxylic acids is 1. The van der Waals surface area contributed by atoms with Gasteiger partial charge in [-0.1, -0.05) is 48.7 Å². The van der Waals surface area contributed by atoms with E-state index < -0.39 is 17.5 Å². The largest absolute Gasteiger partial charge is 0.492 e. The molecule has 0 bridgehead atoms. The number of halogens is 1. The fraction of sp³-hybridized carbons (Fsp3) is 0.531. The molecule has 0 radical (unpaired) electrons. The molecule has 3 saturated heterocycles. The molecule has 204 valence electrons. The van der Waals surface area contributed by atoms with Crippen molar-refractivity contribution in [2.75, 3.05) is 13.2 Å². The predicted octanol–water partition coefficient (Wildman–Crippen LogP) is 6.24. The molecular formula is C32H34ClNO5. The second kappa shape index (κ2) is 9.07. The Kier molecular flexibility index (Phi) is 5.68. The normalized spacial score (nSPS) is 36.7. The quantitative estimate of drug-likeness (QED) is 0.444. The number of carbonyl (C=O) groups is 1. The number of ketones is 1. The van der Waals surface area contributed by atoms with Crippen molar-refractivity contribution >= 4 is 17.4 Å². The summed E-state index contributed by atoms with van der Waals surface area (Å²) in [5, 5.41) is 0.694. The minimum atomic E-state index is -0.843. The Labute approximate surface area is 234 Å². The lowest BCUT2D eigenvalue weighted by atomic mass is 9.63. The summed E-state index contributed by atoms with van der Waals surface area (Å²) >= 11 is 6.32. The molecule has 6 aliphatic rings. The highest BCUT2D eigenvalue weighted by molar-refractivity contribution is 6.30. The molecule has 5 aliphatic heterocycles. The van der Waals surface area contributed by atoms with E-state index in [4.69, 9.17) is 30.5 Å².